The largest absolute Gasteiger partial charge is 0.371 e. The first-order valence-electron chi connectivity index (χ1n) is 6.82. The Balaban J connectivity index is 1.98. The molecule has 108 valence electrons. The second-order valence-corrected chi connectivity index (χ2v) is 5.04. The van der Waals surface area contributed by atoms with Gasteiger partial charge < -0.3 is 10.2 Å². The van der Waals surface area contributed by atoms with Crippen LogP contribution in [0, 0.1) is 5.82 Å². The van der Waals surface area contributed by atoms with E-state index in [0.717, 1.165) is 25.3 Å². The Hall–Kier alpha value is -1.69. The number of thiocarbonyl (C=S) groups is 1. The fourth-order valence-electron chi connectivity index (χ4n) is 2.15. The van der Waals surface area contributed by atoms with Crippen molar-refractivity contribution < 1.29 is 4.39 Å². The number of rotatable bonds is 4. The number of benzene rings is 1. The zero-order valence-corrected chi connectivity index (χ0v) is 12.3. The van der Waals surface area contributed by atoms with Crippen molar-refractivity contribution in [2.45, 2.75) is 19.8 Å². The van der Waals surface area contributed by atoms with Crippen molar-refractivity contribution in [2.24, 2.45) is 5.10 Å². The molecule has 0 aromatic heterocycles. The fraction of sp³-hybridized carbons (Fsp3) is 0.429. The molecule has 1 fully saturated rings. The third kappa shape index (κ3) is 3.90. The highest BCUT2D eigenvalue weighted by Gasteiger charge is 2.13. The van der Waals surface area contributed by atoms with Gasteiger partial charge in [-0.2, -0.15) is 5.10 Å². The Labute approximate surface area is 124 Å². The molecule has 1 saturated heterocycles. The lowest BCUT2D eigenvalue weighted by atomic mass is 10.2. The van der Waals surface area contributed by atoms with Crippen LogP contribution in [0.3, 0.4) is 0 Å². The predicted molar refractivity (Wildman–Crippen MR) is 84.9 cm³/mol. The van der Waals surface area contributed by atoms with E-state index < -0.39 is 0 Å². The van der Waals surface area contributed by atoms with Gasteiger partial charge in [-0.3, -0.25) is 5.43 Å². The van der Waals surface area contributed by atoms with Crippen LogP contribution in [0.2, 0.25) is 0 Å². The van der Waals surface area contributed by atoms with Crippen LogP contribution in [0.1, 0.15) is 25.3 Å². The smallest absolute Gasteiger partial charge is 0.186 e. The van der Waals surface area contributed by atoms with Crippen molar-refractivity contribution >= 4 is 29.2 Å². The molecule has 4 nitrogen and oxygen atoms in total. The maximum atomic E-state index is 14.0. The van der Waals surface area contributed by atoms with Crippen molar-refractivity contribution in [3.63, 3.8) is 0 Å². The van der Waals surface area contributed by atoms with Crippen LogP contribution in [0.4, 0.5) is 10.1 Å². The molecule has 0 atom stereocenters. The summed E-state index contributed by atoms with van der Waals surface area (Å²) in [5, 5.41) is 7.24. The molecule has 1 aliphatic rings. The van der Waals surface area contributed by atoms with Gasteiger partial charge in [-0.25, -0.2) is 4.39 Å². The number of anilines is 1. The number of halogens is 1. The minimum absolute atomic E-state index is 0.269. The van der Waals surface area contributed by atoms with Crippen molar-refractivity contribution in [2.75, 3.05) is 24.5 Å². The predicted octanol–water partition coefficient (Wildman–Crippen LogP) is 2.24. The van der Waals surface area contributed by atoms with Crippen molar-refractivity contribution in [1.82, 2.24) is 10.7 Å². The highest BCUT2D eigenvalue weighted by Crippen LogP contribution is 2.22. The molecule has 0 amide bonds. The lowest BCUT2D eigenvalue weighted by Gasteiger charge is -2.17. The highest BCUT2D eigenvalue weighted by molar-refractivity contribution is 7.80. The van der Waals surface area contributed by atoms with Crippen LogP contribution in [-0.4, -0.2) is 31.0 Å². The summed E-state index contributed by atoms with van der Waals surface area (Å²) in [4.78, 5) is 2.20. The SMILES string of the molecule is CCNC(=S)NN=Cc1ccc(N2CCCC2)cc1F. The molecule has 1 heterocycles. The second-order valence-electron chi connectivity index (χ2n) is 4.63. The van der Waals surface area contributed by atoms with Crippen LogP contribution in [0.15, 0.2) is 23.3 Å². The Bertz CT molecular complexity index is 498. The molecule has 0 spiro atoms. The molecule has 6 heteroatoms. The number of hydrogen-bond acceptors (Lipinski definition) is 3. The van der Waals surface area contributed by atoms with Gasteiger partial charge >= 0.3 is 0 Å². The van der Waals surface area contributed by atoms with Gasteiger partial charge in [0.1, 0.15) is 5.82 Å². The molecule has 0 aliphatic carbocycles. The maximum Gasteiger partial charge on any atom is 0.186 e. The minimum atomic E-state index is -0.269. The minimum Gasteiger partial charge on any atom is -0.371 e. The standard InChI is InChI=1S/C14H19FN4S/c1-2-16-14(20)18-17-10-11-5-6-12(9-13(11)15)19-7-3-4-8-19/h5-6,9-10H,2-4,7-8H2,1H3,(H2,16,18,20). The molecule has 0 saturated carbocycles. The average molecular weight is 294 g/mol. The molecule has 20 heavy (non-hydrogen) atoms. The molecule has 1 aliphatic heterocycles. The summed E-state index contributed by atoms with van der Waals surface area (Å²) in [7, 11) is 0. The Morgan fingerprint density at radius 3 is 2.85 bits per heavy atom. The first kappa shape index (κ1) is 14.7. The second kappa shape index (κ2) is 7.19. The van der Waals surface area contributed by atoms with Crippen LogP contribution in [-0.2, 0) is 0 Å². The summed E-state index contributed by atoms with van der Waals surface area (Å²) in [5.41, 5.74) is 4.02. The molecule has 0 radical (unpaired) electrons. The quantitative estimate of drug-likeness (QED) is 0.507. The first-order valence-corrected chi connectivity index (χ1v) is 7.23. The molecular formula is C14H19FN4S. The fourth-order valence-corrected chi connectivity index (χ4v) is 2.35. The third-order valence-corrected chi connectivity index (χ3v) is 3.40. The summed E-state index contributed by atoms with van der Waals surface area (Å²) in [6, 6.07) is 5.23. The van der Waals surface area contributed by atoms with Crippen molar-refractivity contribution in [3.05, 3.63) is 29.6 Å². The van der Waals surface area contributed by atoms with Crippen molar-refractivity contribution in [3.8, 4) is 0 Å². The van der Waals surface area contributed by atoms with Gasteiger partial charge in [-0.15, -0.1) is 0 Å². The summed E-state index contributed by atoms with van der Waals surface area (Å²) in [6.07, 6.45) is 3.79. The molecule has 0 unspecified atom stereocenters. The monoisotopic (exact) mass is 294 g/mol. The molecular weight excluding hydrogens is 275 g/mol. The zero-order valence-electron chi connectivity index (χ0n) is 11.5. The van der Waals surface area contributed by atoms with Gasteiger partial charge in [-0.05, 0) is 50.2 Å². The lowest BCUT2D eigenvalue weighted by molar-refractivity contribution is 0.625. The van der Waals surface area contributed by atoms with E-state index in [9.17, 15) is 4.39 Å². The summed E-state index contributed by atoms with van der Waals surface area (Å²) in [6.45, 7) is 4.67. The number of hydrazone groups is 1. The maximum absolute atomic E-state index is 14.0. The van der Waals surface area contributed by atoms with Gasteiger partial charge in [0.25, 0.3) is 0 Å². The normalized spacial score (nSPS) is 14.8. The van der Waals surface area contributed by atoms with Gasteiger partial charge in [0, 0.05) is 30.9 Å². The first-order chi connectivity index (χ1) is 9.70. The molecule has 2 N–H and O–H groups in total. The Kier molecular flexibility index (Phi) is 5.29. The van der Waals surface area contributed by atoms with E-state index in [-0.39, 0.29) is 5.82 Å². The lowest BCUT2D eigenvalue weighted by Crippen LogP contribution is -2.31. The van der Waals surface area contributed by atoms with Gasteiger partial charge in [0.2, 0.25) is 0 Å². The van der Waals surface area contributed by atoms with E-state index >= 15 is 0 Å². The molecule has 1 aromatic rings. The Morgan fingerprint density at radius 1 is 1.45 bits per heavy atom. The van der Waals surface area contributed by atoms with E-state index in [2.05, 4.69) is 20.7 Å². The van der Waals surface area contributed by atoms with Crippen LogP contribution in [0.25, 0.3) is 0 Å². The van der Waals surface area contributed by atoms with Crippen LogP contribution < -0.4 is 15.6 Å². The number of nitrogens with one attached hydrogen (secondary N) is 2. The van der Waals surface area contributed by atoms with E-state index in [1.165, 1.54) is 19.1 Å². The van der Waals surface area contributed by atoms with Crippen LogP contribution in [0.5, 0.6) is 0 Å². The zero-order chi connectivity index (χ0) is 14.4. The van der Waals surface area contributed by atoms with Gasteiger partial charge in [0.05, 0.1) is 6.21 Å². The summed E-state index contributed by atoms with van der Waals surface area (Å²) >= 11 is 4.96. The Morgan fingerprint density at radius 2 is 2.20 bits per heavy atom. The van der Waals surface area contributed by atoms with Crippen LogP contribution >= 0.6 is 12.2 Å². The van der Waals surface area contributed by atoms with E-state index in [1.54, 1.807) is 12.1 Å². The number of nitrogens with zero attached hydrogens (tertiary/aromatic N) is 2. The topological polar surface area (TPSA) is 39.7 Å². The number of hydrogen-bond donors (Lipinski definition) is 2. The van der Waals surface area contributed by atoms with Gasteiger partial charge in [-0.1, -0.05) is 0 Å². The summed E-state index contributed by atoms with van der Waals surface area (Å²) < 4.78 is 14.0. The van der Waals surface area contributed by atoms with E-state index in [4.69, 9.17) is 12.2 Å². The highest BCUT2D eigenvalue weighted by atomic mass is 32.1. The summed E-state index contributed by atoms with van der Waals surface area (Å²) in [5.74, 6) is -0.269. The third-order valence-electron chi connectivity index (χ3n) is 3.16. The average Bonchev–Trinajstić information content (AvgIpc) is 2.95. The van der Waals surface area contributed by atoms with E-state index in [1.807, 2.05) is 13.0 Å². The molecule has 1 aromatic carbocycles. The van der Waals surface area contributed by atoms with Gasteiger partial charge in [0.15, 0.2) is 5.11 Å². The van der Waals surface area contributed by atoms with E-state index in [0.29, 0.717) is 10.7 Å². The van der Waals surface area contributed by atoms with Crippen molar-refractivity contribution in [1.29, 1.82) is 0 Å². The molecule has 0 bridgehead atoms. The molecule has 2 rings (SSSR count).